The zero-order valence-electron chi connectivity index (χ0n) is 10.2. The predicted octanol–water partition coefficient (Wildman–Crippen LogP) is 1.85. The number of anilines is 1. The fourth-order valence-electron chi connectivity index (χ4n) is 1.50. The summed E-state index contributed by atoms with van der Waals surface area (Å²) in [6.45, 7) is -0.452. The summed E-state index contributed by atoms with van der Waals surface area (Å²) in [6.07, 6.45) is 1.18. The third-order valence-corrected chi connectivity index (χ3v) is 2.43. The van der Waals surface area contributed by atoms with Gasteiger partial charge in [-0.15, -0.1) is 0 Å². The van der Waals surface area contributed by atoms with Gasteiger partial charge in [-0.2, -0.15) is 4.68 Å². The molecule has 7 nitrogen and oxygen atoms in total. The number of nitro groups is 1. The number of nitrogens with one attached hydrogen (secondary N) is 1. The van der Waals surface area contributed by atoms with Crippen LogP contribution >= 0.6 is 0 Å². The minimum absolute atomic E-state index is 0.452. The van der Waals surface area contributed by atoms with Crippen LogP contribution in [0, 0.1) is 27.6 Å². The molecular formula is C11H7F3N4O3. The van der Waals surface area contributed by atoms with Gasteiger partial charge in [0, 0.05) is 0 Å². The third-order valence-electron chi connectivity index (χ3n) is 2.43. The van der Waals surface area contributed by atoms with Gasteiger partial charge in [-0.05, 0) is 17.1 Å². The summed E-state index contributed by atoms with van der Waals surface area (Å²) in [6, 6.07) is 2.59. The van der Waals surface area contributed by atoms with Crippen molar-refractivity contribution in [2.24, 2.45) is 0 Å². The second-order valence-electron chi connectivity index (χ2n) is 3.90. The van der Waals surface area contributed by atoms with Crippen molar-refractivity contribution in [3.63, 3.8) is 0 Å². The Bertz CT molecular complexity index is 717. The first-order valence-corrected chi connectivity index (χ1v) is 5.49. The molecule has 0 spiro atoms. The number of hydrogen-bond acceptors (Lipinski definition) is 4. The highest BCUT2D eigenvalue weighted by atomic mass is 19.2. The lowest BCUT2D eigenvalue weighted by Gasteiger charge is -2.06. The molecule has 21 heavy (non-hydrogen) atoms. The van der Waals surface area contributed by atoms with Gasteiger partial charge in [0.15, 0.2) is 17.5 Å². The maximum atomic E-state index is 13.3. The lowest BCUT2D eigenvalue weighted by atomic mass is 10.2. The molecule has 0 unspecified atom stereocenters. The zero-order valence-corrected chi connectivity index (χ0v) is 10.2. The Labute approximate surface area is 115 Å². The first kappa shape index (κ1) is 14.5. The number of amides is 1. The van der Waals surface area contributed by atoms with Crippen molar-refractivity contribution in [2.45, 2.75) is 6.54 Å². The maximum Gasteiger partial charge on any atom is 0.389 e. The van der Waals surface area contributed by atoms with E-state index in [0.29, 0.717) is 6.07 Å². The number of carbonyl (C=O) groups is 1. The van der Waals surface area contributed by atoms with E-state index in [1.165, 1.54) is 6.20 Å². The van der Waals surface area contributed by atoms with Crippen molar-refractivity contribution >= 4 is 17.4 Å². The van der Waals surface area contributed by atoms with Crippen LogP contribution in [0.3, 0.4) is 0 Å². The molecule has 2 rings (SSSR count). The van der Waals surface area contributed by atoms with E-state index in [-0.39, 0.29) is 0 Å². The van der Waals surface area contributed by atoms with Crippen LogP contribution in [-0.4, -0.2) is 20.6 Å². The minimum Gasteiger partial charge on any atom is -0.358 e. The Kier molecular flexibility index (Phi) is 3.87. The molecule has 110 valence electrons. The Hall–Kier alpha value is -2.91. The fraction of sp³-hybridized carbons (Fsp3) is 0.0909. The molecule has 1 N–H and O–H groups in total. The van der Waals surface area contributed by atoms with Crippen molar-refractivity contribution < 1.29 is 22.9 Å². The summed E-state index contributed by atoms with van der Waals surface area (Å²) in [5, 5.41) is 15.9. The Balaban J connectivity index is 2.08. The van der Waals surface area contributed by atoms with Gasteiger partial charge >= 0.3 is 5.82 Å². The quantitative estimate of drug-likeness (QED) is 0.530. The van der Waals surface area contributed by atoms with Crippen molar-refractivity contribution in [3.8, 4) is 0 Å². The van der Waals surface area contributed by atoms with Gasteiger partial charge in [-0.3, -0.25) is 4.79 Å². The SMILES string of the molecule is O=C(Cn1ccc([N+](=O)[O-])n1)Nc1ccc(F)c(F)c1F. The lowest BCUT2D eigenvalue weighted by Crippen LogP contribution is -2.20. The minimum atomic E-state index is -1.71. The van der Waals surface area contributed by atoms with E-state index in [2.05, 4.69) is 5.10 Å². The fourth-order valence-corrected chi connectivity index (χ4v) is 1.50. The monoisotopic (exact) mass is 300 g/mol. The van der Waals surface area contributed by atoms with Crippen molar-refractivity contribution in [1.82, 2.24) is 9.78 Å². The average molecular weight is 300 g/mol. The first-order chi connectivity index (χ1) is 9.88. The molecule has 2 aromatic rings. The van der Waals surface area contributed by atoms with E-state index in [0.717, 1.165) is 16.8 Å². The van der Waals surface area contributed by atoms with Crippen molar-refractivity contribution in [3.05, 3.63) is 52.0 Å². The number of hydrogen-bond donors (Lipinski definition) is 1. The van der Waals surface area contributed by atoms with Crippen LogP contribution < -0.4 is 5.32 Å². The van der Waals surface area contributed by atoms with Gasteiger partial charge in [-0.1, -0.05) is 0 Å². The summed E-state index contributed by atoms with van der Waals surface area (Å²) >= 11 is 0. The molecule has 0 saturated carbocycles. The molecule has 0 saturated heterocycles. The van der Waals surface area contributed by atoms with Gasteiger partial charge < -0.3 is 15.4 Å². The molecule has 0 atom stereocenters. The molecule has 1 aromatic carbocycles. The van der Waals surface area contributed by atoms with Crippen LogP contribution in [0.15, 0.2) is 24.4 Å². The highest BCUT2D eigenvalue weighted by Gasteiger charge is 2.17. The number of halogens is 3. The second kappa shape index (κ2) is 5.61. The molecule has 0 radical (unpaired) electrons. The lowest BCUT2D eigenvalue weighted by molar-refractivity contribution is -0.389. The molecule has 10 heteroatoms. The van der Waals surface area contributed by atoms with Gasteiger partial charge in [-0.25, -0.2) is 13.2 Å². The standard InChI is InChI=1S/C11H7F3N4O3/c12-6-1-2-7(11(14)10(6)13)15-9(19)5-17-4-3-8(16-17)18(20)21/h1-4H,5H2,(H,15,19). The molecule has 0 aliphatic rings. The van der Waals surface area contributed by atoms with Gasteiger partial charge in [0.25, 0.3) is 0 Å². The van der Waals surface area contributed by atoms with Crippen molar-refractivity contribution in [1.29, 1.82) is 0 Å². The van der Waals surface area contributed by atoms with Crippen molar-refractivity contribution in [2.75, 3.05) is 5.32 Å². The molecule has 0 bridgehead atoms. The predicted molar refractivity (Wildman–Crippen MR) is 63.8 cm³/mol. The molecule has 0 aliphatic carbocycles. The largest absolute Gasteiger partial charge is 0.389 e. The Morgan fingerprint density at radius 3 is 2.62 bits per heavy atom. The van der Waals surface area contributed by atoms with E-state index in [1.807, 2.05) is 5.32 Å². The summed E-state index contributed by atoms with van der Waals surface area (Å²) in [5.74, 6) is -5.88. The maximum absolute atomic E-state index is 13.3. The summed E-state index contributed by atoms with van der Waals surface area (Å²) < 4.78 is 40.0. The number of carbonyl (C=O) groups excluding carboxylic acids is 1. The van der Waals surface area contributed by atoms with Gasteiger partial charge in [0.2, 0.25) is 5.91 Å². The van der Waals surface area contributed by atoms with Crippen LogP contribution in [0.25, 0.3) is 0 Å². The zero-order chi connectivity index (χ0) is 15.6. The molecule has 1 aromatic heterocycles. The molecule has 0 fully saturated rings. The van der Waals surface area contributed by atoms with Gasteiger partial charge in [0.05, 0.1) is 23.0 Å². The number of nitrogens with zero attached hydrogens (tertiary/aromatic N) is 3. The van der Waals surface area contributed by atoms with E-state index >= 15 is 0 Å². The highest BCUT2D eigenvalue weighted by Crippen LogP contribution is 2.19. The van der Waals surface area contributed by atoms with Gasteiger partial charge in [0.1, 0.15) is 6.54 Å². The van der Waals surface area contributed by atoms with E-state index < -0.39 is 46.3 Å². The highest BCUT2D eigenvalue weighted by molar-refractivity contribution is 5.90. The second-order valence-corrected chi connectivity index (χ2v) is 3.90. The Morgan fingerprint density at radius 2 is 2.00 bits per heavy atom. The number of rotatable bonds is 4. The molecule has 1 heterocycles. The first-order valence-electron chi connectivity index (χ1n) is 5.49. The average Bonchev–Trinajstić information content (AvgIpc) is 2.88. The smallest absolute Gasteiger partial charge is 0.358 e. The van der Waals surface area contributed by atoms with Crippen LogP contribution in [-0.2, 0) is 11.3 Å². The Morgan fingerprint density at radius 1 is 1.29 bits per heavy atom. The van der Waals surface area contributed by atoms with E-state index in [1.54, 1.807) is 0 Å². The van der Waals surface area contributed by atoms with Crippen LogP contribution in [0.5, 0.6) is 0 Å². The number of benzene rings is 1. The molecule has 0 aliphatic heterocycles. The third kappa shape index (κ3) is 3.16. The van der Waals surface area contributed by atoms with Crippen LogP contribution in [0.2, 0.25) is 0 Å². The van der Waals surface area contributed by atoms with E-state index in [9.17, 15) is 28.1 Å². The van der Waals surface area contributed by atoms with Crippen LogP contribution in [0.1, 0.15) is 0 Å². The number of aromatic nitrogens is 2. The summed E-state index contributed by atoms with van der Waals surface area (Å²) in [7, 11) is 0. The molecular weight excluding hydrogens is 293 g/mol. The summed E-state index contributed by atoms with van der Waals surface area (Å²) in [4.78, 5) is 21.2. The topological polar surface area (TPSA) is 90.1 Å². The van der Waals surface area contributed by atoms with E-state index in [4.69, 9.17) is 0 Å². The normalized spacial score (nSPS) is 10.4. The summed E-state index contributed by atoms with van der Waals surface area (Å²) in [5.41, 5.74) is -0.541. The van der Waals surface area contributed by atoms with Crippen LogP contribution in [0.4, 0.5) is 24.7 Å². The molecule has 1 amide bonds.